The summed E-state index contributed by atoms with van der Waals surface area (Å²) in [7, 11) is 0. The fourth-order valence-corrected chi connectivity index (χ4v) is 1.89. The van der Waals surface area contributed by atoms with Crippen molar-refractivity contribution in [2.45, 2.75) is 13.0 Å². The summed E-state index contributed by atoms with van der Waals surface area (Å²) in [6.45, 7) is 2.02. The van der Waals surface area contributed by atoms with Gasteiger partial charge in [-0.3, -0.25) is 0 Å². The molecule has 4 nitrogen and oxygen atoms in total. The molecule has 0 aliphatic carbocycles. The largest absolute Gasteiger partial charge is 0.448 e. The molecular weight excluding hydrogens is 204 g/mol. The molecule has 0 unspecified atom stereocenters. The summed E-state index contributed by atoms with van der Waals surface area (Å²) in [4.78, 5) is 13.3. The molecule has 86 valence electrons. The van der Waals surface area contributed by atoms with Crippen LogP contribution in [0, 0.1) is 0 Å². The molecule has 0 fully saturated rings. The first-order valence-electron chi connectivity index (χ1n) is 5.50. The van der Waals surface area contributed by atoms with E-state index in [0.717, 1.165) is 13.0 Å². The van der Waals surface area contributed by atoms with E-state index >= 15 is 0 Å². The van der Waals surface area contributed by atoms with Crippen molar-refractivity contribution in [1.82, 2.24) is 4.90 Å². The summed E-state index contributed by atoms with van der Waals surface area (Å²) in [5.74, 6) is 0. The monoisotopic (exact) mass is 220 g/mol. The van der Waals surface area contributed by atoms with Gasteiger partial charge in [0, 0.05) is 19.6 Å². The van der Waals surface area contributed by atoms with Gasteiger partial charge < -0.3 is 15.4 Å². The molecule has 1 aromatic carbocycles. The number of nitrogens with zero attached hydrogens (tertiary/aromatic N) is 1. The molecule has 16 heavy (non-hydrogen) atoms. The van der Waals surface area contributed by atoms with Gasteiger partial charge in [-0.25, -0.2) is 4.79 Å². The van der Waals surface area contributed by atoms with E-state index in [9.17, 15) is 4.79 Å². The van der Waals surface area contributed by atoms with E-state index in [0.29, 0.717) is 13.1 Å². The van der Waals surface area contributed by atoms with Crippen molar-refractivity contribution >= 4 is 6.09 Å². The lowest BCUT2D eigenvalue weighted by molar-refractivity contribution is 0.100. The Hall–Kier alpha value is -1.55. The number of fused-ring (bicyclic) bond motifs is 1. The van der Waals surface area contributed by atoms with E-state index in [-0.39, 0.29) is 12.7 Å². The Bertz CT molecular complexity index is 379. The van der Waals surface area contributed by atoms with Crippen LogP contribution in [0.1, 0.15) is 11.1 Å². The number of hydrogen-bond acceptors (Lipinski definition) is 3. The molecule has 4 heteroatoms. The molecule has 1 amide bonds. The number of ether oxygens (including phenoxy) is 1. The van der Waals surface area contributed by atoms with Crippen LogP contribution in [0.3, 0.4) is 0 Å². The van der Waals surface area contributed by atoms with Gasteiger partial charge >= 0.3 is 6.09 Å². The van der Waals surface area contributed by atoms with Crippen LogP contribution in [0.25, 0.3) is 0 Å². The molecular formula is C12H16N2O2. The van der Waals surface area contributed by atoms with E-state index < -0.39 is 0 Å². The van der Waals surface area contributed by atoms with Crippen LogP contribution in [0.5, 0.6) is 0 Å². The zero-order valence-corrected chi connectivity index (χ0v) is 9.19. The zero-order valence-electron chi connectivity index (χ0n) is 9.19. The summed E-state index contributed by atoms with van der Waals surface area (Å²) in [6, 6.07) is 8.18. The van der Waals surface area contributed by atoms with E-state index in [1.807, 2.05) is 12.1 Å². The van der Waals surface area contributed by atoms with Crippen molar-refractivity contribution in [1.29, 1.82) is 0 Å². The van der Waals surface area contributed by atoms with Crippen molar-refractivity contribution in [3.8, 4) is 0 Å². The van der Waals surface area contributed by atoms with E-state index in [1.54, 1.807) is 4.90 Å². The SMILES string of the molecule is NCCOC(=O)N1CCc2ccccc2C1. The van der Waals surface area contributed by atoms with Crippen LogP contribution in [0.15, 0.2) is 24.3 Å². The second-order valence-electron chi connectivity index (χ2n) is 3.84. The van der Waals surface area contributed by atoms with Crippen molar-refractivity contribution in [2.24, 2.45) is 5.73 Å². The highest BCUT2D eigenvalue weighted by atomic mass is 16.6. The maximum atomic E-state index is 11.6. The van der Waals surface area contributed by atoms with Gasteiger partial charge in [-0.15, -0.1) is 0 Å². The predicted molar refractivity (Wildman–Crippen MR) is 61.0 cm³/mol. The molecule has 2 N–H and O–H groups in total. The average Bonchev–Trinajstić information content (AvgIpc) is 2.35. The van der Waals surface area contributed by atoms with Crippen LogP contribution in [-0.4, -0.2) is 30.7 Å². The van der Waals surface area contributed by atoms with Gasteiger partial charge in [0.25, 0.3) is 0 Å². The van der Waals surface area contributed by atoms with Gasteiger partial charge in [-0.2, -0.15) is 0 Å². The number of hydrogen-bond donors (Lipinski definition) is 1. The van der Waals surface area contributed by atoms with Crippen molar-refractivity contribution in [3.63, 3.8) is 0 Å². The third-order valence-corrected chi connectivity index (χ3v) is 2.73. The van der Waals surface area contributed by atoms with Crippen LogP contribution in [0.4, 0.5) is 4.79 Å². The average molecular weight is 220 g/mol. The minimum Gasteiger partial charge on any atom is -0.448 e. The summed E-state index contributed by atoms with van der Waals surface area (Å²) in [6.07, 6.45) is 0.633. The summed E-state index contributed by atoms with van der Waals surface area (Å²) < 4.78 is 5.01. The van der Waals surface area contributed by atoms with Crippen LogP contribution in [-0.2, 0) is 17.7 Å². The Labute approximate surface area is 95.0 Å². The molecule has 0 saturated carbocycles. The van der Waals surface area contributed by atoms with E-state index in [1.165, 1.54) is 11.1 Å². The van der Waals surface area contributed by atoms with Gasteiger partial charge in [0.1, 0.15) is 6.61 Å². The Morgan fingerprint density at radius 3 is 2.88 bits per heavy atom. The molecule has 0 saturated heterocycles. The molecule has 0 aromatic heterocycles. The van der Waals surface area contributed by atoms with Gasteiger partial charge in [0.2, 0.25) is 0 Å². The van der Waals surface area contributed by atoms with Crippen LogP contribution < -0.4 is 5.73 Å². The quantitative estimate of drug-likeness (QED) is 0.813. The normalized spacial score (nSPS) is 14.4. The maximum Gasteiger partial charge on any atom is 0.410 e. The second kappa shape index (κ2) is 4.99. The minimum absolute atomic E-state index is 0.264. The highest BCUT2D eigenvalue weighted by Crippen LogP contribution is 2.18. The minimum atomic E-state index is -0.264. The number of benzene rings is 1. The fraction of sp³-hybridized carbons (Fsp3) is 0.417. The standard InChI is InChI=1S/C12H16N2O2/c13-6-8-16-12(15)14-7-5-10-3-1-2-4-11(10)9-14/h1-4H,5-9,13H2. The smallest absolute Gasteiger partial charge is 0.410 e. The van der Waals surface area contributed by atoms with Gasteiger partial charge in [-0.1, -0.05) is 24.3 Å². The molecule has 0 atom stereocenters. The summed E-state index contributed by atoms with van der Waals surface area (Å²) in [5.41, 5.74) is 7.82. The molecule has 0 radical (unpaired) electrons. The Morgan fingerprint density at radius 1 is 1.38 bits per heavy atom. The fourth-order valence-electron chi connectivity index (χ4n) is 1.89. The number of amides is 1. The molecule has 0 spiro atoms. The highest BCUT2D eigenvalue weighted by molar-refractivity contribution is 5.68. The third kappa shape index (κ3) is 2.33. The number of carbonyl (C=O) groups excluding carboxylic acids is 1. The van der Waals surface area contributed by atoms with Crippen LogP contribution >= 0.6 is 0 Å². The van der Waals surface area contributed by atoms with E-state index in [4.69, 9.17) is 10.5 Å². The molecule has 1 aromatic rings. The Kier molecular flexibility index (Phi) is 3.41. The number of nitrogens with two attached hydrogens (primary N) is 1. The first-order valence-corrected chi connectivity index (χ1v) is 5.50. The highest BCUT2D eigenvalue weighted by Gasteiger charge is 2.20. The van der Waals surface area contributed by atoms with Gasteiger partial charge in [0.15, 0.2) is 0 Å². The number of carbonyl (C=O) groups is 1. The van der Waals surface area contributed by atoms with Crippen molar-refractivity contribution in [3.05, 3.63) is 35.4 Å². The Morgan fingerprint density at radius 2 is 2.12 bits per heavy atom. The second-order valence-corrected chi connectivity index (χ2v) is 3.84. The molecule has 1 aliphatic heterocycles. The maximum absolute atomic E-state index is 11.6. The molecule has 1 heterocycles. The predicted octanol–water partition coefficient (Wildman–Crippen LogP) is 1.14. The topological polar surface area (TPSA) is 55.6 Å². The number of rotatable bonds is 2. The molecule has 1 aliphatic rings. The molecule has 2 rings (SSSR count). The third-order valence-electron chi connectivity index (χ3n) is 2.73. The summed E-state index contributed by atoms with van der Waals surface area (Å²) >= 11 is 0. The lowest BCUT2D eigenvalue weighted by Gasteiger charge is -2.27. The van der Waals surface area contributed by atoms with Gasteiger partial charge in [-0.05, 0) is 17.5 Å². The summed E-state index contributed by atoms with van der Waals surface area (Å²) in [5, 5.41) is 0. The first-order chi connectivity index (χ1) is 7.81. The zero-order chi connectivity index (χ0) is 11.4. The Balaban J connectivity index is 1.99. The first kappa shape index (κ1) is 11.0. The van der Waals surface area contributed by atoms with E-state index in [2.05, 4.69) is 12.1 Å². The lowest BCUT2D eigenvalue weighted by atomic mass is 10.0. The molecule has 0 bridgehead atoms. The van der Waals surface area contributed by atoms with Crippen LogP contribution in [0.2, 0.25) is 0 Å². The van der Waals surface area contributed by atoms with Crippen molar-refractivity contribution in [2.75, 3.05) is 19.7 Å². The lowest BCUT2D eigenvalue weighted by Crippen LogP contribution is -2.37. The van der Waals surface area contributed by atoms with Gasteiger partial charge in [0.05, 0.1) is 0 Å². The van der Waals surface area contributed by atoms with Crippen molar-refractivity contribution < 1.29 is 9.53 Å².